The highest BCUT2D eigenvalue weighted by atomic mass is 32.2. The van der Waals surface area contributed by atoms with Crippen molar-refractivity contribution in [3.05, 3.63) is 29.6 Å². The first-order chi connectivity index (χ1) is 8.56. The molecule has 1 aromatic heterocycles. The van der Waals surface area contributed by atoms with Crippen molar-refractivity contribution < 1.29 is 4.39 Å². The van der Waals surface area contributed by atoms with Gasteiger partial charge in [-0.3, -0.25) is 0 Å². The Kier molecular flexibility index (Phi) is 4.03. The first-order valence-corrected chi connectivity index (χ1v) is 7.04. The summed E-state index contributed by atoms with van der Waals surface area (Å²) < 4.78 is 13.8. The van der Waals surface area contributed by atoms with Crippen molar-refractivity contribution in [3.8, 4) is 0 Å². The molecule has 0 amide bonds. The van der Waals surface area contributed by atoms with Crippen LogP contribution in [0, 0.1) is 5.82 Å². The van der Waals surface area contributed by atoms with Gasteiger partial charge < -0.3 is 10.6 Å². The fraction of sp³-hybridized carbons (Fsp3) is 0.273. The molecule has 0 spiro atoms. The van der Waals surface area contributed by atoms with Crippen LogP contribution in [0.1, 0.15) is 5.56 Å². The van der Waals surface area contributed by atoms with E-state index in [9.17, 15) is 4.39 Å². The van der Waals surface area contributed by atoms with Crippen LogP contribution in [-0.4, -0.2) is 24.3 Å². The topological polar surface area (TPSA) is 55.0 Å². The summed E-state index contributed by atoms with van der Waals surface area (Å²) in [6.45, 7) is 0. The van der Waals surface area contributed by atoms with Gasteiger partial charge in [0.05, 0.1) is 0 Å². The molecule has 0 unspecified atom stereocenters. The molecule has 0 aliphatic rings. The lowest BCUT2D eigenvalue weighted by Crippen LogP contribution is -2.07. The van der Waals surface area contributed by atoms with Crippen LogP contribution in [0.25, 0.3) is 0 Å². The molecule has 1 aromatic carbocycles. The van der Waals surface area contributed by atoms with Gasteiger partial charge in [-0.1, -0.05) is 29.2 Å². The Balaban J connectivity index is 2.02. The van der Waals surface area contributed by atoms with Crippen LogP contribution in [-0.2, 0) is 5.75 Å². The molecule has 0 atom stereocenters. The molecular formula is C11H13FN4S2. The lowest BCUT2D eigenvalue weighted by atomic mass is 10.2. The zero-order valence-electron chi connectivity index (χ0n) is 10.1. The first kappa shape index (κ1) is 13.1. The van der Waals surface area contributed by atoms with Gasteiger partial charge in [-0.15, -0.1) is 10.2 Å². The minimum absolute atomic E-state index is 0.313. The number of nitrogens with two attached hydrogens (primary N) is 1. The van der Waals surface area contributed by atoms with Gasteiger partial charge in [-0.05, 0) is 17.7 Å². The number of thioether (sulfide) groups is 1. The summed E-state index contributed by atoms with van der Waals surface area (Å²) in [5.41, 5.74) is 7.12. The summed E-state index contributed by atoms with van der Waals surface area (Å²) in [7, 11) is 3.85. The number of rotatable bonds is 4. The molecule has 0 radical (unpaired) electrons. The van der Waals surface area contributed by atoms with Crippen LogP contribution in [0.4, 0.5) is 15.2 Å². The fourth-order valence-corrected chi connectivity index (χ4v) is 3.06. The maximum atomic E-state index is 12.9. The molecular weight excluding hydrogens is 271 g/mol. The van der Waals surface area contributed by atoms with Crippen molar-refractivity contribution in [2.75, 3.05) is 24.7 Å². The van der Waals surface area contributed by atoms with Gasteiger partial charge in [0.2, 0.25) is 5.13 Å². The van der Waals surface area contributed by atoms with E-state index < -0.39 is 0 Å². The third-order valence-electron chi connectivity index (χ3n) is 2.24. The van der Waals surface area contributed by atoms with E-state index in [1.165, 1.54) is 23.5 Å². The van der Waals surface area contributed by atoms with Crippen LogP contribution < -0.4 is 10.6 Å². The predicted molar refractivity (Wildman–Crippen MR) is 74.6 cm³/mol. The summed E-state index contributed by atoms with van der Waals surface area (Å²) in [6.07, 6.45) is 0. The molecule has 2 rings (SSSR count). The number of nitrogens with zero attached hydrogens (tertiary/aromatic N) is 3. The van der Waals surface area contributed by atoms with Crippen molar-refractivity contribution in [1.82, 2.24) is 10.2 Å². The lowest BCUT2D eigenvalue weighted by molar-refractivity contribution is 0.628. The second kappa shape index (κ2) is 5.53. The van der Waals surface area contributed by atoms with E-state index in [0.717, 1.165) is 15.0 Å². The molecule has 1 heterocycles. The van der Waals surface area contributed by atoms with Crippen LogP contribution >= 0.6 is 23.1 Å². The molecule has 4 nitrogen and oxygen atoms in total. The Morgan fingerprint density at radius 2 is 2.17 bits per heavy atom. The van der Waals surface area contributed by atoms with E-state index >= 15 is 0 Å². The summed E-state index contributed by atoms with van der Waals surface area (Å²) in [5, 5.41) is 8.99. The standard InChI is InChI=1S/C11H13FN4S2/c1-16(2)10-14-15-11(18-10)17-6-7-3-4-8(12)5-9(7)13/h3-5H,6,13H2,1-2H3. The largest absolute Gasteiger partial charge is 0.398 e. The molecule has 18 heavy (non-hydrogen) atoms. The fourth-order valence-electron chi connectivity index (χ4n) is 1.28. The Labute approximate surface area is 113 Å². The molecule has 0 aliphatic carbocycles. The van der Waals surface area contributed by atoms with E-state index in [1.54, 1.807) is 17.8 Å². The Hall–Kier alpha value is -1.34. The second-order valence-corrected chi connectivity index (χ2v) is 6.06. The van der Waals surface area contributed by atoms with Crippen LogP contribution in [0.5, 0.6) is 0 Å². The zero-order valence-corrected chi connectivity index (χ0v) is 11.7. The number of nitrogen functional groups attached to an aromatic ring is 1. The molecule has 0 saturated heterocycles. The SMILES string of the molecule is CN(C)c1nnc(SCc2ccc(F)cc2N)s1. The molecule has 0 aliphatic heterocycles. The highest BCUT2D eigenvalue weighted by molar-refractivity contribution is 8.00. The zero-order chi connectivity index (χ0) is 13.1. The first-order valence-electron chi connectivity index (χ1n) is 5.24. The van der Waals surface area contributed by atoms with Crippen molar-refractivity contribution in [3.63, 3.8) is 0 Å². The van der Waals surface area contributed by atoms with Crippen molar-refractivity contribution in [1.29, 1.82) is 0 Å². The summed E-state index contributed by atoms with van der Waals surface area (Å²) in [5.74, 6) is 0.348. The average molecular weight is 284 g/mol. The van der Waals surface area contributed by atoms with Crippen LogP contribution in [0.3, 0.4) is 0 Å². The number of anilines is 2. The molecule has 0 saturated carbocycles. The quantitative estimate of drug-likeness (QED) is 0.691. The molecule has 0 fully saturated rings. The van der Waals surface area contributed by atoms with Gasteiger partial charge in [0.1, 0.15) is 5.82 Å². The van der Waals surface area contributed by atoms with Gasteiger partial charge in [0.25, 0.3) is 0 Å². The van der Waals surface area contributed by atoms with Crippen LogP contribution in [0.2, 0.25) is 0 Å². The average Bonchev–Trinajstić information content (AvgIpc) is 2.76. The molecule has 2 aromatic rings. The third kappa shape index (κ3) is 3.11. The van der Waals surface area contributed by atoms with Crippen molar-refractivity contribution >= 4 is 33.9 Å². The minimum atomic E-state index is -0.313. The van der Waals surface area contributed by atoms with E-state index in [1.807, 2.05) is 19.0 Å². The van der Waals surface area contributed by atoms with Crippen molar-refractivity contribution in [2.45, 2.75) is 10.1 Å². The summed E-state index contributed by atoms with van der Waals surface area (Å²) in [6, 6.07) is 4.45. The Morgan fingerprint density at radius 3 is 2.78 bits per heavy atom. The normalized spacial score (nSPS) is 10.6. The van der Waals surface area contributed by atoms with Crippen LogP contribution in [0.15, 0.2) is 22.5 Å². The summed E-state index contributed by atoms with van der Waals surface area (Å²) >= 11 is 3.07. The van der Waals surface area contributed by atoms with Gasteiger partial charge in [-0.2, -0.15) is 0 Å². The smallest absolute Gasteiger partial charge is 0.208 e. The number of hydrogen-bond donors (Lipinski definition) is 1. The summed E-state index contributed by atoms with van der Waals surface area (Å²) in [4.78, 5) is 1.91. The maximum absolute atomic E-state index is 12.9. The second-order valence-electron chi connectivity index (χ2n) is 3.88. The number of halogens is 1. The monoisotopic (exact) mass is 284 g/mol. The number of aromatic nitrogens is 2. The lowest BCUT2D eigenvalue weighted by Gasteiger charge is -2.04. The van der Waals surface area contributed by atoms with Gasteiger partial charge in [0.15, 0.2) is 4.34 Å². The molecule has 0 bridgehead atoms. The number of hydrogen-bond acceptors (Lipinski definition) is 6. The Morgan fingerprint density at radius 1 is 1.39 bits per heavy atom. The minimum Gasteiger partial charge on any atom is -0.398 e. The third-order valence-corrected chi connectivity index (χ3v) is 4.51. The van der Waals surface area contributed by atoms with Gasteiger partial charge >= 0.3 is 0 Å². The van der Waals surface area contributed by atoms with E-state index in [4.69, 9.17) is 5.73 Å². The highest BCUT2D eigenvalue weighted by Crippen LogP contribution is 2.30. The maximum Gasteiger partial charge on any atom is 0.208 e. The number of benzene rings is 1. The predicted octanol–water partition coefficient (Wildman–Crippen LogP) is 2.62. The van der Waals surface area contributed by atoms with E-state index in [2.05, 4.69) is 10.2 Å². The van der Waals surface area contributed by atoms with E-state index in [-0.39, 0.29) is 5.82 Å². The van der Waals surface area contributed by atoms with Crippen molar-refractivity contribution in [2.24, 2.45) is 0 Å². The molecule has 96 valence electrons. The Bertz CT molecular complexity index is 542. The van der Waals surface area contributed by atoms with Gasteiger partial charge in [0, 0.05) is 25.5 Å². The van der Waals surface area contributed by atoms with Gasteiger partial charge in [-0.25, -0.2) is 4.39 Å². The molecule has 2 N–H and O–H groups in total. The van der Waals surface area contributed by atoms with E-state index in [0.29, 0.717) is 11.4 Å². The molecule has 7 heteroatoms. The highest BCUT2D eigenvalue weighted by Gasteiger charge is 2.08.